The number of hydrogen-bond donors (Lipinski definition) is 0. The van der Waals surface area contributed by atoms with Gasteiger partial charge in [-0.3, -0.25) is 9.69 Å². The predicted octanol–water partition coefficient (Wildman–Crippen LogP) is 4.78. The second-order valence-corrected chi connectivity index (χ2v) is 9.14. The fourth-order valence-corrected chi connectivity index (χ4v) is 4.36. The first-order valence-corrected chi connectivity index (χ1v) is 12.0. The molecule has 1 heterocycles. The summed E-state index contributed by atoms with van der Waals surface area (Å²) in [5.74, 6) is 0.505. The molecule has 2 unspecified atom stereocenters. The molecule has 0 N–H and O–H groups in total. The summed E-state index contributed by atoms with van der Waals surface area (Å²) in [4.78, 5) is 17.2. The Balaban J connectivity index is 1.36. The van der Waals surface area contributed by atoms with Gasteiger partial charge in [-0.1, -0.05) is 42.5 Å². The number of benzene rings is 3. The van der Waals surface area contributed by atoms with Crippen molar-refractivity contribution in [3.05, 3.63) is 95.3 Å². The van der Waals surface area contributed by atoms with Crippen LogP contribution in [0.2, 0.25) is 0 Å². The molecule has 0 bridgehead atoms. The smallest absolute Gasteiger partial charge is 0.260 e. The second kappa shape index (κ2) is 11.7. The van der Waals surface area contributed by atoms with Crippen LogP contribution < -0.4 is 9.47 Å². The van der Waals surface area contributed by atoms with Crippen molar-refractivity contribution in [2.45, 2.75) is 39.1 Å². The molecule has 6 nitrogen and oxygen atoms in total. The predicted molar refractivity (Wildman–Crippen MR) is 135 cm³/mol. The van der Waals surface area contributed by atoms with Crippen LogP contribution in [0.25, 0.3) is 0 Å². The Bertz CT molecular complexity index is 1210. The first-order valence-electron chi connectivity index (χ1n) is 12.0. The van der Waals surface area contributed by atoms with Gasteiger partial charge in [0, 0.05) is 37.8 Å². The summed E-state index contributed by atoms with van der Waals surface area (Å²) in [6, 6.07) is 23.5. The number of rotatable bonds is 8. The van der Waals surface area contributed by atoms with E-state index < -0.39 is 0 Å². The SMILES string of the molecule is CC1CN(C(=O)COc2ccc(C#N)cc2OCc2ccccc2)C(C)CN1Cc1ccc(F)cc1. The molecule has 1 fully saturated rings. The lowest BCUT2D eigenvalue weighted by Crippen LogP contribution is -2.58. The highest BCUT2D eigenvalue weighted by Gasteiger charge is 2.32. The molecule has 0 spiro atoms. The Labute approximate surface area is 211 Å². The van der Waals surface area contributed by atoms with Gasteiger partial charge in [-0.15, -0.1) is 0 Å². The van der Waals surface area contributed by atoms with Crippen LogP contribution >= 0.6 is 0 Å². The van der Waals surface area contributed by atoms with Crippen molar-refractivity contribution in [1.82, 2.24) is 9.80 Å². The summed E-state index contributed by atoms with van der Waals surface area (Å²) >= 11 is 0. The topological polar surface area (TPSA) is 65.8 Å². The van der Waals surface area contributed by atoms with Crippen molar-refractivity contribution >= 4 is 5.91 Å². The maximum absolute atomic E-state index is 13.2. The highest BCUT2D eigenvalue weighted by atomic mass is 19.1. The lowest BCUT2D eigenvalue weighted by Gasteiger charge is -2.44. The number of carbonyl (C=O) groups excluding carboxylic acids is 1. The Morgan fingerprint density at radius 1 is 0.944 bits per heavy atom. The zero-order valence-electron chi connectivity index (χ0n) is 20.6. The van der Waals surface area contributed by atoms with Crippen LogP contribution in [0.3, 0.4) is 0 Å². The van der Waals surface area contributed by atoms with E-state index in [2.05, 4.69) is 17.9 Å². The molecular formula is C29H30FN3O3. The molecule has 1 amide bonds. The highest BCUT2D eigenvalue weighted by molar-refractivity contribution is 5.78. The van der Waals surface area contributed by atoms with E-state index >= 15 is 0 Å². The zero-order chi connectivity index (χ0) is 25.5. The van der Waals surface area contributed by atoms with Crippen LogP contribution in [0.15, 0.2) is 72.8 Å². The zero-order valence-corrected chi connectivity index (χ0v) is 20.6. The number of carbonyl (C=O) groups is 1. The van der Waals surface area contributed by atoms with Crippen molar-refractivity contribution in [2.24, 2.45) is 0 Å². The molecule has 3 aromatic carbocycles. The van der Waals surface area contributed by atoms with Crippen LogP contribution in [0.4, 0.5) is 4.39 Å². The first-order chi connectivity index (χ1) is 17.4. The van der Waals surface area contributed by atoms with E-state index in [0.29, 0.717) is 43.3 Å². The fourth-order valence-electron chi connectivity index (χ4n) is 4.36. The number of hydrogen-bond acceptors (Lipinski definition) is 5. The third-order valence-electron chi connectivity index (χ3n) is 6.40. The van der Waals surface area contributed by atoms with E-state index in [-0.39, 0.29) is 30.4 Å². The quantitative estimate of drug-likeness (QED) is 0.458. The molecule has 1 saturated heterocycles. The van der Waals surface area contributed by atoms with Gasteiger partial charge in [0.05, 0.1) is 11.6 Å². The van der Waals surface area contributed by atoms with Gasteiger partial charge in [-0.05, 0) is 49.2 Å². The minimum Gasteiger partial charge on any atom is -0.485 e. The van der Waals surface area contributed by atoms with E-state index in [1.807, 2.05) is 42.2 Å². The second-order valence-electron chi connectivity index (χ2n) is 9.14. The molecule has 7 heteroatoms. The van der Waals surface area contributed by atoms with E-state index in [1.165, 1.54) is 12.1 Å². The summed E-state index contributed by atoms with van der Waals surface area (Å²) < 4.78 is 25.0. The van der Waals surface area contributed by atoms with Crippen LogP contribution in [0, 0.1) is 17.1 Å². The van der Waals surface area contributed by atoms with E-state index in [1.54, 1.807) is 30.3 Å². The van der Waals surface area contributed by atoms with Crippen molar-refractivity contribution < 1.29 is 18.7 Å². The number of piperazine rings is 1. The van der Waals surface area contributed by atoms with Gasteiger partial charge in [-0.2, -0.15) is 5.26 Å². The third-order valence-corrected chi connectivity index (χ3v) is 6.40. The molecule has 1 aliphatic heterocycles. The van der Waals surface area contributed by atoms with Crippen molar-refractivity contribution in [2.75, 3.05) is 19.7 Å². The van der Waals surface area contributed by atoms with Gasteiger partial charge >= 0.3 is 0 Å². The lowest BCUT2D eigenvalue weighted by atomic mass is 10.1. The Morgan fingerprint density at radius 3 is 2.42 bits per heavy atom. The molecule has 0 radical (unpaired) electrons. The standard InChI is InChI=1S/C29H30FN3O3/c1-21-17-33(22(2)16-32(21)18-23-8-11-26(30)12-9-23)29(34)20-36-27-13-10-25(15-31)14-28(27)35-19-24-6-4-3-5-7-24/h3-14,21-22H,16-20H2,1-2H3. The van der Waals surface area contributed by atoms with Gasteiger partial charge < -0.3 is 14.4 Å². The van der Waals surface area contributed by atoms with E-state index in [9.17, 15) is 14.4 Å². The average molecular weight is 488 g/mol. The van der Waals surface area contributed by atoms with Gasteiger partial charge in [0.1, 0.15) is 12.4 Å². The molecule has 186 valence electrons. The van der Waals surface area contributed by atoms with E-state index in [0.717, 1.165) is 11.1 Å². The van der Waals surface area contributed by atoms with Gasteiger partial charge in [0.25, 0.3) is 5.91 Å². The molecule has 3 aromatic rings. The molecule has 0 aromatic heterocycles. The Kier molecular flexibility index (Phi) is 8.19. The number of ether oxygens (including phenoxy) is 2. The third kappa shape index (κ3) is 6.41. The maximum atomic E-state index is 13.2. The summed E-state index contributed by atoms with van der Waals surface area (Å²) in [7, 11) is 0. The highest BCUT2D eigenvalue weighted by Crippen LogP contribution is 2.29. The Morgan fingerprint density at radius 2 is 1.69 bits per heavy atom. The molecule has 0 aliphatic carbocycles. The lowest BCUT2D eigenvalue weighted by molar-refractivity contribution is -0.139. The first kappa shape index (κ1) is 25.2. The van der Waals surface area contributed by atoms with Crippen molar-refractivity contribution in [3.63, 3.8) is 0 Å². The van der Waals surface area contributed by atoms with Gasteiger partial charge in [-0.25, -0.2) is 4.39 Å². The summed E-state index contributed by atoms with van der Waals surface area (Å²) in [6.45, 7) is 6.32. The van der Waals surface area contributed by atoms with E-state index in [4.69, 9.17) is 9.47 Å². The van der Waals surface area contributed by atoms with Crippen molar-refractivity contribution in [1.29, 1.82) is 5.26 Å². The Hall–Kier alpha value is -3.89. The number of nitrogens with zero attached hydrogens (tertiary/aromatic N) is 3. The maximum Gasteiger partial charge on any atom is 0.260 e. The van der Waals surface area contributed by atoms with Crippen LogP contribution in [-0.4, -0.2) is 47.5 Å². The molecular weight excluding hydrogens is 457 g/mol. The number of nitriles is 1. The summed E-state index contributed by atoms with van der Waals surface area (Å²) in [5.41, 5.74) is 2.49. The van der Waals surface area contributed by atoms with Gasteiger partial charge in [0.2, 0.25) is 0 Å². The molecule has 0 saturated carbocycles. The minimum atomic E-state index is -0.244. The summed E-state index contributed by atoms with van der Waals surface area (Å²) in [5, 5.41) is 9.28. The van der Waals surface area contributed by atoms with Gasteiger partial charge in [0.15, 0.2) is 18.1 Å². The fraction of sp³-hybridized carbons (Fsp3) is 0.310. The monoisotopic (exact) mass is 487 g/mol. The van der Waals surface area contributed by atoms with Crippen LogP contribution in [-0.2, 0) is 17.9 Å². The molecule has 2 atom stereocenters. The summed E-state index contributed by atoms with van der Waals surface area (Å²) in [6.07, 6.45) is 0. The minimum absolute atomic E-state index is 0.00696. The molecule has 1 aliphatic rings. The van der Waals surface area contributed by atoms with Crippen molar-refractivity contribution in [3.8, 4) is 17.6 Å². The molecule has 36 heavy (non-hydrogen) atoms. The van der Waals surface area contributed by atoms with Crippen LogP contribution in [0.1, 0.15) is 30.5 Å². The number of amides is 1. The molecule has 4 rings (SSSR count). The average Bonchev–Trinajstić information content (AvgIpc) is 2.90. The number of halogens is 1. The largest absolute Gasteiger partial charge is 0.485 e. The van der Waals surface area contributed by atoms with Crippen LogP contribution in [0.5, 0.6) is 11.5 Å². The normalized spacial score (nSPS) is 17.9.